The van der Waals surface area contributed by atoms with Crippen LogP contribution in [0.25, 0.3) is 11.6 Å². The highest BCUT2D eigenvalue weighted by molar-refractivity contribution is 5.94. The average Bonchev–Trinajstić information content (AvgIpc) is 3.28. The zero-order valence-electron chi connectivity index (χ0n) is 15.5. The van der Waals surface area contributed by atoms with Crippen LogP contribution in [0.1, 0.15) is 41.0 Å². The van der Waals surface area contributed by atoms with E-state index in [1.807, 2.05) is 35.0 Å². The Kier molecular flexibility index (Phi) is 4.66. The summed E-state index contributed by atoms with van der Waals surface area (Å²) in [4.78, 5) is 24.9. The van der Waals surface area contributed by atoms with Crippen LogP contribution in [0.4, 0.5) is 0 Å². The third-order valence-corrected chi connectivity index (χ3v) is 4.92. The summed E-state index contributed by atoms with van der Waals surface area (Å²) in [6.45, 7) is 3.52. The largest absolute Gasteiger partial charge is 0.496 e. The van der Waals surface area contributed by atoms with Gasteiger partial charge in [0.15, 0.2) is 11.6 Å². The van der Waals surface area contributed by atoms with Crippen molar-refractivity contribution >= 4 is 5.91 Å². The summed E-state index contributed by atoms with van der Waals surface area (Å²) in [5.41, 5.74) is 2.37. The van der Waals surface area contributed by atoms with Crippen LogP contribution >= 0.6 is 0 Å². The number of aromatic nitrogens is 4. The Morgan fingerprint density at radius 2 is 2.19 bits per heavy atom. The number of nitrogens with one attached hydrogen (secondary N) is 2. The minimum absolute atomic E-state index is 0.107. The van der Waals surface area contributed by atoms with E-state index in [0.717, 1.165) is 35.8 Å². The lowest BCUT2D eigenvalue weighted by molar-refractivity contribution is 0.0950. The van der Waals surface area contributed by atoms with Gasteiger partial charge in [-0.2, -0.15) is 0 Å². The van der Waals surface area contributed by atoms with Gasteiger partial charge in [0.05, 0.1) is 7.11 Å². The zero-order chi connectivity index (χ0) is 18.8. The number of ether oxygens (including phenoxy) is 1. The van der Waals surface area contributed by atoms with Crippen molar-refractivity contribution in [1.82, 2.24) is 24.8 Å². The Labute approximate surface area is 157 Å². The lowest BCUT2D eigenvalue weighted by Crippen LogP contribution is -2.26. The molecular weight excluding hydrogens is 342 g/mol. The molecule has 2 N–H and O–H groups in total. The van der Waals surface area contributed by atoms with Crippen LogP contribution in [0, 0.1) is 0 Å². The third-order valence-electron chi connectivity index (χ3n) is 4.92. The Morgan fingerprint density at radius 1 is 1.33 bits per heavy atom. The number of nitrogens with zero attached hydrogens (tertiary/aromatic N) is 3. The van der Waals surface area contributed by atoms with Crippen molar-refractivity contribution in [3.8, 4) is 17.4 Å². The third kappa shape index (κ3) is 3.20. The summed E-state index contributed by atoms with van der Waals surface area (Å²) in [7, 11) is 1.67. The van der Waals surface area contributed by atoms with E-state index in [2.05, 4.69) is 27.2 Å². The summed E-state index contributed by atoms with van der Waals surface area (Å²) in [5.74, 6) is 2.17. The van der Waals surface area contributed by atoms with E-state index in [4.69, 9.17) is 4.74 Å². The lowest BCUT2D eigenvalue weighted by Gasteiger charge is -2.17. The van der Waals surface area contributed by atoms with Gasteiger partial charge >= 0.3 is 0 Å². The number of benzene rings is 1. The molecule has 140 valence electrons. The predicted octanol–water partition coefficient (Wildman–Crippen LogP) is 2.76. The highest BCUT2D eigenvalue weighted by Crippen LogP contribution is 2.31. The second kappa shape index (κ2) is 7.26. The molecular formula is C20H23N5O2. The van der Waals surface area contributed by atoms with Crippen molar-refractivity contribution < 1.29 is 9.53 Å². The molecule has 3 aromatic rings. The molecule has 7 heteroatoms. The number of rotatable bonds is 5. The fraction of sp³-hybridized carbons (Fsp3) is 0.350. The highest BCUT2D eigenvalue weighted by atomic mass is 16.5. The van der Waals surface area contributed by atoms with Crippen LogP contribution in [0.5, 0.6) is 5.75 Å². The van der Waals surface area contributed by atoms with Crippen LogP contribution in [-0.2, 0) is 13.0 Å². The van der Waals surface area contributed by atoms with Crippen molar-refractivity contribution in [2.75, 3.05) is 13.7 Å². The number of aromatic amines is 1. The van der Waals surface area contributed by atoms with Crippen LogP contribution < -0.4 is 10.1 Å². The molecule has 1 aromatic carbocycles. The van der Waals surface area contributed by atoms with Gasteiger partial charge in [0, 0.05) is 37.1 Å². The van der Waals surface area contributed by atoms with Gasteiger partial charge in [-0.1, -0.05) is 25.1 Å². The minimum atomic E-state index is -0.154. The zero-order valence-corrected chi connectivity index (χ0v) is 15.5. The Hall–Kier alpha value is -3.09. The number of hydrogen-bond donors (Lipinski definition) is 2. The Morgan fingerprint density at radius 3 is 3.00 bits per heavy atom. The number of fused-ring (bicyclic) bond motifs is 1. The first-order chi connectivity index (χ1) is 13.2. The normalized spacial score (nSPS) is 16.5. The maximum absolute atomic E-state index is 12.6. The van der Waals surface area contributed by atoms with E-state index in [1.165, 1.54) is 0 Å². The van der Waals surface area contributed by atoms with E-state index in [9.17, 15) is 4.79 Å². The molecule has 0 fully saturated rings. The molecule has 0 saturated carbocycles. The van der Waals surface area contributed by atoms with Gasteiger partial charge in [0.1, 0.15) is 11.4 Å². The molecule has 1 aliphatic rings. The molecule has 2 aromatic heterocycles. The first kappa shape index (κ1) is 17.3. The van der Waals surface area contributed by atoms with Crippen LogP contribution in [0.3, 0.4) is 0 Å². The molecule has 0 aliphatic carbocycles. The lowest BCUT2D eigenvalue weighted by atomic mass is 9.93. The second-order valence-electron chi connectivity index (χ2n) is 6.71. The number of hydrogen-bond acceptors (Lipinski definition) is 4. The number of imidazole rings is 2. The number of carbonyl (C=O) groups is 1. The average molecular weight is 365 g/mol. The summed E-state index contributed by atoms with van der Waals surface area (Å²) < 4.78 is 7.56. The Bertz CT molecular complexity index is 959. The topological polar surface area (TPSA) is 84.8 Å². The van der Waals surface area contributed by atoms with Gasteiger partial charge < -0.3 is 19.6 Å². The number of methoxy groups -OCH3 is 1. The van der Waals surface area contributed by atoms with Crippen molar-refractivity contribution in [2.45, 2.75) is 32.2 Å². The molecule has 1 aliphatic heterocycles. The standard InChI is InChI=1S/C20H23N5O2/c1-3-9-25-10-8-21-19(25)18-23-15-11-13(12-22-20(26)17(15)24-18)14-6-4-5-7-16(14)27-2/h4-8,10,13H,3,9,11-12H2,1-2H3,(H,22,26)(H,23,24). The molecule has 1 amide bonds. The van der Waals surface area contributed by atoms with Gasteiger partial charge in [-0.3, -0.25) is 4.79 Å². The molecule has 0 saturated heterocycles. The number of aryl methyl sites for hydroxylation is 1. The van der Waals surface area contributed by atoms with Gasteiger partial charge in [-0.25, -0.2) is 9.97 Å². The molecule has 27 heavy (non-hydrogen) atoms. The number of H-pyrrole nitrogens is 1. The predicted molar refractivity (Wildman–Crippen MR) is 102 cm³/mol. The summed E-state index contributed by atoms with van der Waals surface area (Å²) in [6, 6.07) is 7.94. The number of amides is 1. The van der Waals surface area contributed by atoms with Gasteiger partial charge in [-0.15, -0.1) is 0 Å². The van der Waals surface area contributed by atoms with Crippen LogP contribution in [0.2, 0.25) is 0 Å². The quantitative estimate of drug-likeness (QED) is 0.728. The Balaban J connectivity index is 1.70. The first-order valence-electron chi connectivity index (χ1n) is 9.22. The van der Waals surface area contributed by atoms with E-state index in [1.54, 1.807) is 13.3 Å². The molecule has 0 spiro atoms. The highest BCUT2D eigenvalue weighted by Gasteiger charge is 2.28. The fourth-order valence-corrected chi connectivity index (χ4v) is 3.64. The minimum Gasteiger partial charge on any atom is -0.496 e. The molecule has 7 nitrogen and oxygen atoms in total. The van der Waals surface area contributed by atoms with Gasteiger partial charge in [-0.05, 0) is 24.5 Å². The molecule has 0 radical (unpaired) electrons. The maximum atomic E-state index is 12.6. The van der Waals surface area contributed by atoms with Crippen molar-refractivity contribution in [2.24, 2.45) is 0 Å². The SMILES string of the molecule is CCCn1ccnc1-c1nc2c([nH]1)CC(c1ccccc1OC)CNC2=O. The molecule has 0 bridgehead atoms. The van der Waals surface area contributed by atoms with Crippen LogP contribution in [0.15, 0.2) is 36.7 Å². The van der Waals surface area contributed by atoms with Crippen molar-refractivity contribution in [3.63, 3.8) is 0 Å². The molecule has 1 atom stereocenters. The van der Waals surface area contributed by atoms with Crippen LogP contribution in [-0.4, -0.2) is 39.1 Å². The smallest absolute Gasteiger partial charge is 0.271 e. The van der Waals surface area contributed by atoms with E-state index >= 15 is 0 Å². The van der Waals surface area contributed by atoms with E-state index in [0.29, 0.717) is 24.5 Å². The molecule has 3 heterocycles. The van der Waals surface area contributed by atoms with Crippen molar-refractivity contribution in [3.05, 3.63) is 53.6 Å². The van der Waals surface area contributed by atoms with E-state index in [-0.39, 0.29) is 11.8 Å². The summed E-state index contributed by atoms with van der Waals surface area (Å²) >= 11 is 0. The molecule has 1 unspecified atom stereocenters. The molecule has 4 rings (SSSR count). The summed E-state index contributed by atoms with van der Waals surface area (Å²) in [6.07, 6.45) is 5.37. The second-order valence-corrected chi connectivity index (χ2v) is 6.71. The van der Waals surface area contributed by atoms with E-state index < -0.39 is 0 Å². The van der Waals surface area contributed by atoms with Gasteiger partial charge in [0.2, 0.25) is 0 Å². The monoisotopic (exact) mass is 365 g/mol. The number of para-hydroxylation sites is 1. The van der Waals surface area contributed by atoms with Gasteiger partial charge in [0.25, 0.3) is 5.91 Å². The first-order valence-corrected chi connectivity index (χ1v) is 9.22. The summed E-state index contributed by atoms with van der Waals surface area (Å²) in [5, 5.41) is 2.99. The maximum Gasteiger partial charge on any atom is 0.271 e. The fourth-order valence-electron chi connectivity index (χ4n) is 3.64. The van der Waals surface area contributed by atoms with Crippen molar-refractivity contribution in [1.29, 1.82) is 0 Å². The number of carbonyl (C=O) groups excluding carboxylic acids is 1.